The van der Waals surface area contributed by atoms with E-state index in [2.05, 4.69) is 6.58 Å². The van der Waals surface area contributed by atoms with E-state index in [0.717, 1.165) is 0 Å². The number of hydrogen-bond donors (Lipinski definition) is 3. The van der Waals surface area contributed by atoms with E-state index in [0.29, 0.717) is 24.8 Å². The largest absolute Gasteiger partial charge is 0.504 e. The van der Waals surface area contributed by atoms with E-state index in [9.17, 15) is 20.1 Å². The van der Waals surface area contributed by atoms with Gasteiger partial charge >= 0.3 is 0 Å². The maximum atomic E-state index is 12.9. The van der Waals surface area contributed by atoms with Crippen molar-refractivity contribution in [2.45, 2.75) is 45.6 Å². The smallest absolute Gasteiger partial charge is 0.225 e. The van der Waals surface area contributed by atoms with E-state index >= 15 is 0 Å². The van der Waals surface area contributed by atoms with Crippen molar-refractivity contribution in [3.8, 4) is 0 Å². The first-order chi connectivity index (χ1) is 11.1. The van der Waals surface area contributed by atoms with Crippen LogP contribution in [0, 0.1) is 16.2 Å². The molecule has 4 atom stereocenters. The highest BCUT2D eigenvalue weighted by molar-refractivity contribution is 6.10. The fraction of sp³-hybridized carbons (Fsp3) is 0.550. The number of carbonyl (C=O) groups excluding carboxylic acids is 1. The molecule has 0 unspecified atom stereocenters. The van der Waals surface area contributed by atoms with E-state index in [1.807, 2.05) is 32.9 Å². The first kappa shape index (κ1) is 17.2. The Bertz CT molecular complexity index is 715. The molecular weight excluding hydrogens is 304 g/mol. The molecule has 0 fully saturated rings. The van der Waals surface area contributed by atoms with Gasteiger partial charge < -0.3 is 15.3 Å². The Hall–Kier alpha value is -1.65. The number of allylic oxidation sites excluding steroid dienone is 4. The van der Waals surface area contributed by atoms with Crippen molar-refractivity contribution in [2.24, 2.45) is 16.2 Å². The number of rotatable bonds is 2. The highest BCUT2D eigenvalue weighted by Crippen LogP contribution is 2.61. The van der Waals surface area contributed by atoms with Gasteiger partial charge in [-0.3, -0.25) is 4.79 Å². The van der Waals surface area contributed by atoms with Crippen LogP contribution in [-0.4, -0.2) is 33.3 Å². The van der Waals surface area contributed by atoms with Crippen molar-refractivity contribution < 1.29 is 20.1 Å². The Morgan fingerprint density at radius 2 is 1.96 bits per heavy atom. The Balaban J connectivity index is 2.33. The lowest BCUT2D eigenvalue weighted by atomic mass is 9.49. The van der Waals surface area contributed by atoms with Gasteiger partial charge in [0.05, 0.1) is 6.61 Å². The molecule has 3 aliphatic rings. The van der Waals surface area contributed by atoms with Gasteiger partial charge in [0.2, 0.25) is 5.78 Å². The summed E-state index contributed by atoms with van der Waals surface area (Å²) in [6.07, 6.45) is 8.92. The molecule has 4 heteroatoms. The molecule has 0 saturated carbocycles. The van der Waals surface area contributed by atoms with Crippen molar-refractivity contribution in [3.63, 3.8) is 0 Å². The summed E-state index contributed by atoms with van der Waals surface area (Å²) in [7, 11) is 0. The van der Waals surface area contributed by atoms with E-state index in [4.69, 9.17) is 0 Å². The first-order valence-corrected chi connectivity index (χ1v) is 8.44. The zero-order valence-electron chi connectivity index (χ0n) is 14.6. The standard InChI is InChI=1S/C20H26O4/c1-5-17(2)9-10-20(24)13(11-17)14(22)15(23)16-18(3,12-21)7-6-8-19(16,20)4/h5-6,8,11,21,23-24H,1,7,9-10,12H2,2-4H3/t17-,18-,19-,20+/m0/s1. The Kier molecular flexibility index (Phi) is 3.53. The fourth-order valence-corrected chi connectivity index (χ4v) is 4.69. The topological polar surface area (TPSA) is 77.8 Å². The van der Waals surface area contributed by atoms with Gasteiger partial charge in [-0.15, -0.1) is 6.58 Å². The van der Waals surface area contributed by atoms with Gasteiger partial charge in [-0.05, 0) is 31.8 Å². The van der Waals surface area contributed by atoms with Gasteiger partial charge in [0.15, 0.2) is 5.76 Å². The minimum Gasteiger partial charge on any atom is -0.504 e. The number of carbonyl (C=O) groups is 1. The lowest BCUT2D eigenvalue weighted by molar-refractivity contribution is -0.124. The van der Waals surface area contributed by atoms with Crippen molar-refractivity contribution in [1.82, 2.24) is 0 Å². The molecule has 0 aromatic heterocycles. The van der Waals surface area contributed by atoms with Crippen molar-refractivity contribution in [2.75, 3.05) is 6.61 Å². The van der Waals surface area contributed by atoms with Crippen LogP contribution in [0.15, 0.2) is 47.8 Å². The van der Waals surface area contributed by atoms with Crippen molar-refractivity contribution in [3.05, 3.63) is 47.8 Å². The molecule has 0 aromatic carbocycles. The molecule has 0 aromatic rings. The van der Waals surface area contributed by atoms with Crippen LogP contribution in [-0.2, 0) is 4.79 Å². The molecule has 3 aliphatic carbocycles. The number of aliphatic hydroxyl groups excluding tert-OH is 2. The highest BCUT2D eigenvalue weighted by Gasteiger charge is 2.62. The van der Waals surface area contributed by atoms with E-state index in [1.165, 1.54) is 0 Å². The second-order valence-corrected chi connectivity index (χ2v) is 8.21. The molecule has 0 bridgehead atoms. The van der Waals surface area contributed by atoms with Crippen LogP contribution in [0.2, 0.25) is 0 Å². The van der Waals surface area contributed by atoms with Crippen LogP contribution < -0.4 is 0 Å². The minimum atomic E-state index is -1.39. The molecule has 0 heterocycles. The summed E-state index contributed by atoms with van der Waals surface area (Å²) in [4.78, 5) is 12.9. The van der Waals surface area contributed by atoms with Crippen LogP contribution in [0.3, 0.4) is 0 Å². The second kappa shape index (κ2) is 4.93. The molecule has 3 N–H and O–H groups in total. The van der Waals surface area contributed by atoms with Crippen LogP contribution in [0.25, 0.3) is 0 Å². The number of ketones is 1. The predicted molar refractivity (Wildman–Crippen MR) is 92.3 cm³/mol. The summed E-state index contributed by atoms with van der Waals surface area (Å²) in [5, 5.41) is 32.2. The van der Waals surface area contributed by atoms with Gasteiger partial charge in [0.1, 0.15) is 5.60 Å². The van der Waals surface area contributed by atoms with Gasteiger partial charge in [-0.1, -0.05) is 38.2 Å². The third kappa shape index (κ3) is 1.90. The summed E-state index contributed by atoms with van der Waals surface area (Å²) >= 11 is 0. The summed E-state index contributed by atoms with van der Waals surface area (Å²) in [6.45, 7) is 9.27. The molecular formula is C20H26O4. The third-order valence-electron chi connectivity index (χ3n) is 6.46. The highest BCUT2D eigenvalue weighted by atomic mass is 16.3. The van der Waals surface area contributed by atoms with Gasteiger partial charge in [-0.2, -0.15) is 0 Å². The van der Waals surface area contributed by atoms with Gasteiger partial charge in [0.25, 0.3) is 0 Å². The quantitative estimate of drug-likeness (QED) is 0.680. The molecule has 0 saturated heterocycles. The summed E-state index contributed by atoms with van der Waals surface area (Å²) in [5.74, 6) is -0.865. The molecule has 24 heavy (non-hydrogen) atoms. The average molecular weight is 330 g/mol. The summed E-state index contributed by atoms with van der Waals surface area (Å²) in [5.41, 5.74) is -2.76. The SMILES string of the molecule is C=C[C@]1(C)C=C2C(=O)C(O)=C3[C@](C)(CO)CC=C[C@]3(C)[C@@]2(O)CC1. The number of hydrogen-bond acceptors (Lipinski definition) is 4. The average Bonchev–Trinajstić information content (AvgIpc) is 2.55. The monoisotopic (exact) mass is 330 g/mol. The Morgan fingerprint density at radius 3 is 2.54 bits per heavy atom. The number of Topliss-reactive ketones (excluding diaryl/α,β-unsaturated/α-hetero) is 1. The van der Waals surface area contributed by atoms with Crippen LogP contribution in [0.1, 0.15) is 40.0 Å². The van der Waals surface area contributed by atoms with Crippen LogP contribution in [0.4, 0.5) is 0 Å². The Morgan fingerprint density at radius 1 is 1.29 bits per heavy atom. The van der Waals surface area contributed by atoms with E-state index < -0.39 is 22.2 Å². The molecule has 130 valence electrons. The summed E-state index contributed by atoms with van der Waals surface area (Å²) < 4.78 is 0. The lowest BCUT2D eigenvalue weighted by Crippen LogP contribution is -2.59. The van der Waals surface area contributed by atoms with Crippen LogP contribution >= 0.6 is 0 Å². The van der Waals surface area contributed by atoms with Gasteiger partial charge in [0, 0.05) is 21.8 Å². The van der Waals surface area contributed by atoms with Crippen molar-refractivity contribution in [1.29, 1.82) is 0 Å². The van der Waals surface area contributed by atoms with E-state index in [1.54, 1.807) is 12.2 Å². The normalized spacial score (nSPS) is 44.7. The van der Waals surface area contributed by atoms with E-state index in [-0.39, 0.29) is 23.4 Å². The first-order valence-electron chi connectivity index (χ1n) is 8.44. The molecule has 0 spiro atoms. The molecule has 0 radical (unpaired) electrons. The predicted octanol–water partition coefficient (Wildman–Crippen LogP) is 2.99. The minimum absolute atomic E-state index is 0.195. The van der Waals surface area contributed by atoms with Crippen molar-refractivity contribution >= 4 is 5.78 Å². The maximum Gasteiger partial charge on any atom is 0.225 e. The zero-order chi connectivity index (χ0) is 18.0. The zero-order valence-corrected chi connectivity index (χ0v) is 14.6. The molecule has 0 amide bonds. The molecule has 3 rings (SSSR count). The Labute approximate surface area is 142 Å². The van der Waals surface area contributed by atoms with Crippen LogP contribution in [0.5, 0.6) is 0 Å². The second-order valence-electron chi connectivity index (χ2n) is 8.21. The molecule has 4 nitrogen and oxygen atoms in total. The number of fused-ring (bicyclic) bond motifs is 3. The third-order valence-corrected chi connectivity index (χ3v) is 6.46. The van der Waals surface area contributed by atoms with Gasteiger partial charge in [-0.25, -0.2) is 0 Å². The maximum absolute atomic E-state index is 12.9. The fourth-order valence-electron chi connectivity index (χ4n) is 4.69. The summed E-state index contributed by atoms with van der Waals surface area (Å²) in [6, 6.07) is 0. The number of aliphatic hydroxyl groups is 3. The molecule has 0 aliphatic heterocycles. The lowest BCUT2D eigenvalue weighted by Gasteiger charge is -2.56.